The zero-order valence-corrected chi connectivity index (χ0v) is 15.3. The van der Waals surface area contributed by atoms with Gasteiger partial charge in [-0.3, -0.25) is 4.79 Å². The number of halogens is 1. The average Bonchev–Trinajstić information content (AvgIpc) is 3.18. The topological polar surface area (TPSA) is 59.5 Å². The number of fused-ring (bicyclic) bond motifs is 2. The van der Waals surface area contributed by atoms with Crippen LogP contribution in [0.25, 0.3) is 11.0 Å². The Kier molecular flexibility index (Phi) is 4.39. The molecule has 2 heterocycles. The smallest absolute Gasteiger partial charge is 0.289 e. The first kappa shape index (κ1) is 17.3. The molecule has 2 aliphatic rings. The van der Waals surface area contributed by atoms with E-state index in [0.29, 0.717) is 17.6 Å². The van der Waals surface area contributed by atoms with Crippen LogP contribution in [0.4, 0.5) is 0 Å². The summed E-state index contributed by atoms with van der Waals surface area (Å²) in [6.07, 6.45) is 2.24. The molecular formula is C19H25ClN2O2. The second-order valence-electron chi connectivity index (χ2n) is 7.33. The zero-order chi connectivity index (χ0) is 16.3. The number of hydrogen-bond acceptors (Lipinski definition) is 3. The maximum atomic E-state index is 13.0. The molecule has 3 atom stereocenters. The maximum Gasteiger partial charge on any atom is 0.289 e. The molecular weight excluding hydrogens is 324 g/mol. The predicted molar refractivity (Wildman–Crippen MR) is 97.8 cm³/mol. The summed E-state index contributed by atoms with van der Waals surface area (Å²) in [5.74, 6) is 1.57. The summed E-state index contributed by atoms with van der Waals surface area (Å²) in [6, 6.07) is 4.39. The number of carbonyl (C=O) groups excluding carboxylic acids is 1. The molecule has 1 aromatic carbocycles. The number of nitrogens with two attached hydrogens (primary N) is 1. The van der Waals surface area contributed by atoms with Gasteiger partial charge in [0, 0.05) is 30.1 Å². The Bertz CT molecular complexity index is 798. The summed E-state index contributed by atoms with van der Waals surface area (Å²) in [4.78, 5) is 14.9. The van der Waals surface area contributed by atoms with Gasteiger partial charge >= 0.3 is 0 Å². The lowest BCUT2D eigenvalue weighted by atomic mass is 9.98. The van der Waals surface area contributed by atoms with Gasteiger partial charge in [0.15, 0.2) is 5.76 Å². The van der Waals surface area contributed by atoms with Crippen molar-refractivity contribution in [2.24, 2.45) is 17.6 Å². The highest BCUT2D eigenvalue weighted by molar-refractivity contribution is 6.00. The van der Waals surface area contributed by atoms with Crippen molar-refractivity contribution in [1.82, 2.24) is 4.90 Å². The van der Waals surface area contributed by atoms with Crippen molar-refractivity contribution in [2.45, 2.75) is 39.7 Å². The molecule has 130 valence electrons. The van der Waals surface area contributed by atoms with E-state index in [4.69, 9.17) is 10.2 Å². The molecule has 5 heteroatoms. The Balaban J connectivity index is 0.00000169. The minimum Gasteiger partial charge on any atom is -0.450 e. The third-order valence-corrected chi connectivity index (χ3v) is 5.88. The van der Waals surface area contributed by atoms with Crippen LogP contribution < -0.4 is 5.73 Å². The van der Waals surface area contributed by atoms with Gasteiger partial charge < -0.3 is 15.1 Å². The Morgan fingerprint density at radius 1 is 1.17 bits per heavy atom. The summed E-state index contributed by atoms with van der Waals surface area (Å²) in [7, 11) is 0. The first-order valence-corrected chi connectivity index (χ1v) is 8.51. The predicted octanol–water partition coefficient (Wildman–Crippen LogP) is 3.59. The highest BCUT2D eigenvalue weighted by Gasteiger charge is 2.43. The Hall–Kier alpha value is -1.52. The number of nitrogens with zero attached hydrogens (tertiary/aromatic N) is 1. The van der Waals surface area contributed by atoms with Crippen LogP contribution in [0.5, 0.6) is 0 Å². The third kappa shape index (κ3) is 2.44. The highest BCUT2D eigenvalue weighted by Crippen LogP contribution is 2.38. The summed E-state index contributed by atoms with van der Waals surface area (Å²) in [5.41, 5.74) is 10.2. The lowest BCUT2D eigenvalue weighted by molar-refractivity contribution is 0.0749. The van der Waals surface area contributed by atoms with Gasteiger partial charge in [0.1, 0.15) is 5.58 Å². The quantitative estimate of drug-likeness (QED) is 0.856. The minimum absolute atomic E-state index is 0. The summed E-state index contributed by atoms with van der Waals surface area (Å²) >= 11 is 0. The first-order chi connectivity index (χ1) is 11.0. The van der Waals surface area contributed by atoms with E-state index in [1.807, 2.05) is 24.8 Å². The van der Waals surface area contributed by atoms with Crippen LogP contribution in [0.3, 0.4) is 0 Å². The van der Waals surface area contributed by atoms with E-state index in [1.165, 1.54) is 0 Å². The number of amides is 1. The molecule has 4 rings (SSSR count). The van der Waals surface area contributed by atoms with Crippen molar-refractivity contribution in [3.05, 3.63) is 34.6 Å². The van der Waals surface area contributed by atoms with Gasteiger partial charge in [-0.2, -0.15) is 0 Å². The molecule has 0 spiro atoms. The molecule has 1 saturated carbocycles. The van der Waals surface area contributed by atoms with E-state index >= 15 is 0 Å². The van der Waals surface area contributed by atoms with Crippen molar-refractivity contribution in [1.29, 1.82) is 0 Å². The summed E-state index contributed by atoms with van der Waals surface area (Å²) in [5, 5.41) is 1.09. The van der Waals surface area contributed by atoms with Crippen LogP contribution in [0.15, 0.2) is 16.5 Å². The van der Waals surface area contributed by atoms with E-state index in [1.54, 1.807) is 0 Å². The highest BCUT2D eigenvalue weighted by atomic mass is 35.5. The zero-order valence-electron chi connectivity index (χ0n) is 14.5. The van der Waals surface area contributed by atoms with Gasteiger partial charge in [0.2, 0.25) is 0 Å². The molecule has 0 bridgehead atoms. The number of likely N-dealkylation sites (tertiary alicyclic amines) is 1. The average molecular weight is 349 g/mol. The van der Waals surface area contributed by atoms with E-state index in [2.05, 4.69) is 13.0 Å². The molecule has 24 heavy (non-hydrogen) atoms. The molecule has 2 N–H and O–H groups in total. The van der Waals surface area contributed by atoms with Gasteiger partial charge in [0.05, 0.1) is 0 Å². The number of aryl methyl sites for hydroxylation is 3. The van der Waals surface area contributed by atoms with Gasteiger partial charge in [-0.25, -0.2) is 0 Å². The first-order valence-electron chi connectivity index (χ1n) is 8.51. The molecule has 2 aromatic rings. The Morgan fingerprint density at radius 2 is 1.88 bits per heavy atom. The number of carbonyl (C=O) groups is 1. The molecule has 1 saturated heterocycles. The second kappa shape index (κ2) is 6.08. The van der Waals surface area contributed by atoms with Gasteiger partial charge in [-0.15, -0.1) is 12.4 Å². The molecule has 1 aliphatic heterocycles. The molecule has 0 radical (unpaired) electrons. The van der Waals surface area contributed by atoms with Gasteiger partial charge in [0.25, 0.3) is 5.91 Å². The Labute approximate surface area is 148 Å². The van der Waals surface area contributed by atoms with Gasteiger partial charge in [-0.1, -0.05) is 12.1 Å². The van der Waals surface area contributed by atoms with Crippen LogP contribution >= 0.6 is 12.4 Å². The van der Waals surface area contributed by atoms with E-state index in [0.717, 1.165) is 53.6 Å². The van der Waals surface area contributed by atoms with E-state index in [-0.39, 0.29) is 24.4 Å². The molecule has 4 nitrogen and oxygen atoms in total. The number of furan rings is 1. The van der Waals surface area contributed by atoms with Crippen LogP contribution in [-0.4, -0.2) is 29.9 Å². The van der Waals surface area contributed by atoms with Crippen molar-refractivity contribution >= 4 is 29.3 Å². The summed E-state index contributed by atoms with van der Waals surface area (Å²) in [6.45, 7) is 7.69. The fraction of sp³-hybridized carbons (Fsp3) is 0.526. The fourth-order valence-corrected chi connectivity index (χ4v) is 4.50. The SMILES string of the molecule is Cc1ccc(C)c2c(C)c(C(=O)N3CC4CCC(N)C4C3)oc12.Cl. The molecule has 3 unspecified atom stereocenters. The standard InChI is InChI=1S/C19H24N2O2.ClH/c1-10-4-5-11(2)17-16(10)12(3)18(23-17)19(22)21-8-13-6-7-15(20)14(13)9-21;/h4-5,13-15H,6-9,20H2,1-3H3;1H. The van der Waals surface area contributed by atoms with Crippen LogP contribution in [-0.2, 0) is 0 Å². The number of benzene rings is 1. The van der Waals surface area contributed by atoms with Gasteiger partial charge in [-0.05, 0) is 56.6 Å². The number of hydrogen-bond donors (Lipinski definition) is 1. The molecule has 2 fully saturated rings. The normalized spacial score (nSPS) is 25.8. The van der Waals surface area contributed by atoms with Crippen molar-refractivity contribution in [2.75, 3.05) is 13.1 Å². The van der Waals surface area contributed by atoms with Crippen molar-refractivity contribution in [3.8, 4) is 0 Å². The summed E-state index contributed by atoms with van der Waals surface area (Å²) < 4.78 is 6.01. The van der Waals surface area contributed by atoms with Crippen molar-refractivity contribution < 1.29 is 9.21 Å². The van der Waals surface area contributed by atoms with Crippen LogP contribution in [0.1, 0.15) is 40.1 Å². The molecule has 1 amide bonds. The molecule has 1 aliphatic carbocycles. The maximum absolute atomic E-state index is 13.0. The second-order valence-corrected chi connectivity index (χ2v) is 7.33. The van der Waals surface area contributed by atoms with Crippen molar-refractivity contribution in [3.63, 3.8) is 0 Å². The van der Waals surface area contributed by atoms with E-state index in [9.17, 15) is 4.79 Å². The lowest BCUT2D eigenvalue weighted by Crippen LogP contribution is -2.33. The number of rotatable bonds is 1. The lowest BCUT2D eigenvalue weighted by Gasteiger charge is -2.17. The van der Waals surface area contributed by atoms with Crippen LogP contribution in [0.2, 0.25) is 0 Å². The fourth-order valence-electron chi connectivity index (χ4n) is 4.50. The van der Waals surface area contributed by atoms with Crippen LogP contribution in [0, 0.1) is 32.6 Å². The largest absolute Gasteiger partial charge is 0.450 e. The van der Waals surface area contributed by atoms with E-state index < -0.39 is 0 Å². The molecule has 1 aromatic heterocycles. The Morgan fingerprint density at radius 3 is 2.54 bits per heavy atom. The monoisotopic (exact) mass is 348 g/mol. The third-order valence-electron chi connectivity index (χ3n) is 5.88. The minimum atomic E-state index is 0.